The van der Waals surface area contributed by atoms with Gasteiger partial charge in [0.2, 0.25) is 0 Å². The standard InChI is InChI=1S/C17H14FNO3/c1-21-11-6-7-15(22-2)10(8-11)9-13-12-4-3-5-14(18)16(12)19-17(13)20/h3-9H,1-2H3,(H,19,20)/b13-9-. The molecule has 0 bridgehead atoms. The van der Waals surface area contributed by atoms with Gasteiger partial charge in [0.05, 0.1) is 19.9 Å². The molecule has 2 aromatic rings. The van der Waals surface area contributed by atoms with Crippen molar-refractivity contribution in [1.29, 1.82) is 0 Å². The van der Waals surface area contributed by atoms with Crippen molar-refractivity contribution < 1.29 is 18.7 Å². The molecule has 0 radical (unpaired) electrons. The van der Waals surface area contributed by atoms with Crippen molar-refractivity contribution in [3.63, 3.8) is 0 Å². The van der Waals surface area contributed by atoms with Crippen LogP contribution in [0.15, 0.2) is 36.4 Å². The van der Waals surface area contributed by atoms with Gasteiger partial charge in [-0.1, -0.05) is 12.1 Å². The second kappa shape index (κ2) is 5.52. The Kier molecular flexibility index (Phi) is 3.55. The fourth-order valence-corrected chi connectivity index (χ4v) is 2.43. The molecule has 112 valence electrons. The van der Waals surface area contributed by atoms with Gasteiger partial charge < -0.3 is 14.8 Å². The Morgan fingerprint density at radius 1 is 1.14 bits per heavy atom. The molecule has 0 aromatic heterocycles. The fraction of sp³-hybridized carbons (Fsp3) is 0.118. The van der Waals surface area contributed by atoms with Gasteiger partial charge in [-0.15, -0.1) is 0 Å². The molecule has 4 nitrogen and oxygen atoms in total. The number of hydrogen-bond acceptors (Lipinski definition) is 3. The highest BCUT2D eigenvalue weighted by Crippen LogP contribution is 2.36. The molecule has 0 aliphatic carbocycles. The van der Waals surface area contributed by atoms with Crippen LogP contribution in [0.1, 0.15) is 11.1 Å². The van der Waals surface area contributed by atoms with E-state index < -0.39 is 5.82 Å². The second-order valence-electron chi connectivity index (χ2n) is 4.78. The number of rotatable bonds is 3. The molecule has 0 fully saturated rings. The van der Waals surface area contributed by atoms with E-state index in [0.717, 1.165) is 0 Å². The van der Waals surface area contributed by atoms with E-state index in [2.05, 4.69) is 5.32 Å². The minimum atomic E-state index is -0.452. The number of carbonyl (C=O) groups is 1. The van der Waals surface area contributed by atoms with E-state index in [-0.39, 0.29) is 11.6 Å². The summed E-state index contributed by atoms with van der Waals surface area (Å²) in [6.07, 6.45) is 1.67. The SMILES string of the molecule is COc1ccc(OC)c(/C=C2\C(=O)Nc3c(F)cccc32)c1. The van der Waals surface area contributed by atoms with E-state index in [9.17, 15) is 9.18 Å². The predicted molar refractivity (Wildman–Crippen MR) is 82.4 cm³/mol. The van der Waals surface area contributed by atoms with E-state index in [1.54, 1.807) is 50.6 Å². The topological polar surface area (TPSA) is 47.6 Å². The van der Waals surface area contributed by atoms with Crippen LogP contribution in [0.25, 0.3) is 11.6 Å². The van der Waals surface area contributed by atoms with Gasteiger partial charge >= 0.3 is 0 Å². The van der Waals surface area contributed by atoms with Gasteiger partial charge in [0, 0.05) is 16.7 Å². The second-order valence-corrected chi connectivity index (χ2v) is 4.78. The summed E-state index contributed by atoms with van der Waals surface area (Å²) in [5, 5.41) is 2.55. The maximum absolute atomic E-state index is 13.8. The third-order valence-electron chi connectivity index (χ3n) is 3.52. The molecule has 1 heterocycles. The van der Waals surface area contributed by atoms with E-state index in [1.165, 1.54) is 6.07 Å². The molecule has 1 amide bonds. The van der Waals surface area contributed by atoms with Crippen LogP contribution in [0.5, 0.6) is 11.5 Å². The number of halogens is 1. The van der Waals surface area contributed by atoms with Crippen LogP contribution in [-0.4, -0.2) is 20.1 Å². The van der Waals surface area contributed by atoms with Gasteiger partial charge in [0.15, 0.2) is 0 Å². The van der Waals surface area contributed by atoms with Gasteiger partial charge in [0.25, 0.3) is 5.91 Å². The number of para-hydroxylation sites is 1. The molecular weight excluding hydrogens is 285 g/mol. The number of nitrogens with one attached hydrogen (secondary N) is 1. The van der Waals surface area contributed by atoms with Crippen molar-refractivity contribution in [2.24, 2.45) is 0 Å². The molecule has 1 N–H and O–H groups in total. The maximum Gasteiger partial charge on any atom is 0.256 e. The monoisotopic (exact) mass is 299 g/mol. The Bertz CT molecular complexity index is 783. The molecule has 0 spiro atoms. The largest absolute Gasteiger partial charge is 0.497 e. The number of amides is 1. The first-order chi connectivity index (χ1) is 10.6. The quantitative estimate of drug-likeness (QED) is 0.884. The van der Waals surface area contributed by atoms with Crippen molar-refractivity contribution in [2.45, 2.75) is 0 Å². The zero-order chi connectivity index (χ0) is 15.7. The van der Waals surface area contributed by atoms with Crippen molar-refractivity contribution >= 4 is 23.2 Å². The molecule has 0 atom stereocenters. The van der Waals surface area contributed by atoms with Crippen LogP contribution in [0.3, 0.4) is 0 Å². The number of methoxy groups -OCH3 is 2. The predicted octanol–water partition coefficient (Wildman–Crippen LogP) is 3.34. The molecule has 1 aliphatic rings. The third kappa shape index (κ3) is 2.30. The molecule has 2 aromatic carbocycles. The smallest absolute Gasteiger partial charge is 0.256 e. The summed E-state index contributed by atoms with van der Waals surface area (Å²) in [5.41, 5.74) is 1.82. The summed E-state index contributed by atoms with van der Waals surface area (Å²) < 4.78 is 24.2. The van der Waals surface area contributed by atoms with Crippen LogP contribution in [0.2, 0.25) is 0 Å². The highest BCUT2D eigenvalue weighted by Gasteiger charge is 2.26. The number of ether oxygens (including phenoxy) is 2. The Labute approximate surface area is 127 Å². The molecule has 22 heavy (non-hydrogen) atoms. The average molecular weight is 299 g/mol. The normalized spacial score (nSPS) is 14.7. The van der Waals surface area contributed by atoms with Gasteiger partial charge in [0.1, 0.15) is 17.3 Å². The molecule has 1 aliphatic heterocycles. The van der Waals surface area contributed by atoms with E-state index in [4.69, 9.17) is 9.47 Å². The van der Waals surface area contributed by atoms with Crippen LogP contribution in [0, 0.1) is 5.82 Å². The Balaban J connectivity index is 2.14. The lowest BCUT2D eigenvalue weighted by Crippen LogP contribution is -2.04. The Hall–Kier alpha value is -2.82. The maximum atomic E-state index is 13.8. The zero-order valence-electron chi connectivity index (χ0n) is 12.1. The molecule has 3 rings (SSSR count). The minimum Gasteiger partial charge on any atom is -0.497 e. The van der Waals surface area contributed by atoms with E-state index in [0.29, 0.717) is 28.2 Å². The first-order valence-electron chi connectivity index (χ1n) is 6.68. The first-order valence-corrected chi connectivity index (χ1v) is 6.68. The summed E-state index contributed by atoms with van der Waals surface area (Å²) in [5.74, 6) is 0.452. The highest BCUT2D eigenvalue weighted by molar-refractivity contribution is 6.35. The lowest BCUT2D eigenvalue weighted by atomic mass is 10.0. The van der Waals surface area contributed by atoms with Crippen LogP contribution < -0.4 is 14.8 Å². The number of carbonyl (C=O) groups excluding carboxylic acids is 1. The first kappa shape index (κ1) is 14.1. The van der Waals surface area contributed by atoms with E-state index in [1.807, 2.05) is 0 Å². The molecule has 0 unspecified atom stereocenters. The van der Waals surface area contributed by atoms with Gasteiger partial charge in [-0.25, -0.2) is 4.39 Å². The minimum absolute atomic E-state index is 0.209. The van der Waals surface area contributed by atoms with Crippen molar-refractivity contribution in [3.05, 3.63) is 53.3 Å². The van der Waals surface area contributed by atoms with E-state index >= 15 is 0 Å². The van der Waals surface area contributed by atoms with Crippen molar-refractivity contribution in [2.75, 3.05) is 19.5 Å². The lowest BCUT2D eigenvalue weighted by Gasteiger charge is -2.08. The van der Waals surface area contributed by atoms with Crippen molar-refractivity contribution in [3.8, 4) is 11.5 Å². The lowest BCUT2D eigenvalue weighted by molar-refractivity contribution is -0.110. The summed E-state index contributed by atoms with van der Waals surface area (Å²) in [6, 6.07) is 9.87. The number of anilines is 1. The van der Waals surface area contributed by atoms with Gasteiger partial charge in [-0.3, -0.25) is 4.79 Å². The molecule has 5 heteroatoms. The summed E-state index contributed by atoms with van der Waals surface area (Å²) in [6.45, 7) is 0. The Morgan fingerprint density at radius 3 is 2.68 bits per heavy atom. The number of hydrogen-bond donors (Lipinski definition) is 1. The van der Waals surface area contributed by atoms with Gasteiger partial charge in [-0.2, -0.15) is 0 Å². The number of benzene rings is 2. The molecule has 0 saturated heterocycles. The third-order valence-corrected chi connectivity index (χ3v) is 3.52. The Morgan fingerprint density at radius 2 is 1.95 bits per heavy atom. The summed E-state index contributed by atoms with van der Waals surface area (Å²) in [4.78, 5) is 12.1. The fourth-order valence-electron chi connectivity index (χ4n) is 2.43. The van der Waals surface area contributed by atoms with Gasteiger partial charge in [-0.05, 0) is 30.3 Å². The average Bonchev–Trinajstić information content (AvgIpc) is 2.85. The summed E-state index contributed by atoms with van der Waals surface area (Å²) >= 11 is 0. The molecular formula is C17H14FNO3. The zero-order valence-corrected chi connectivity index (χ0v) is 12.1. The van der Waals surface area contributed by atoms with Crippen LogP contribution in [-0.2, 0) is 4.79 Å². The number of fused-ring (bicyclic) bond motifs is 1. The van der Waals surface area contributed by atoms with Crippen LogP contribution in [0.4, 0.5) is 10.1 Å². The van der Waals surface area contributed by atoms with Crippen molar-refractivity contribution in [1.82, 2.24) is 0 Å². The van der Waals surface area contributed by atoms with Crippen LogP contribution >= 0.6 is 0 Å². The highest BCUT2D eigenvalue weighted by atomic mass is 19.1. The molecule has 0 saturated carbocycles. The summed E-state index contributed by atoms with van der Waals surface area (Å²) in [7, 11) is 3.11.